The summed E-state index contributed by atoms with van der Waals surface area (Å²) >= 11 is 0. The van der Waals surface area contributed by atoms with Crippen LogP contribution in [0.4, 0.5) is 17.8 Å². The van der Waals surface area contributed by atoms with Crippen molar-refractivity contribution in [1.82, 2.24) is 34.8 Å². The number of piperazine rings is 1. The average Bonchev–Trinajstić information content (AvgIpc) is 2.75. The summed E-state index contributed by atoms with van der Waals surface area (Å²) in [6.45, 7) is 5.81. The van der Waals surface area contributed by atoms with E-state index < -0.39 is 0 Å². The average molecular weight is 377 g/mol. The van der Waals surface area contributed by atoms with Crippen molar-refractivity contribution in [1.29, 1.82) is 0 Å². The highest BCUT2D eigenvalue weighted by Crippen LogP contribution is 2.18. The fourth-order valence-electron chi connectivity index (χ4n) is 2.95. The van der Waals surface area contributed by atoms with E-state index in [-0.39, 0.29) is 0 Å². The van der Waals surface area contributed by atoms with Gasteiger partial charge in [-0.15, -0.1) is 0 Å². The molecule has 1 saturated heterocycles. The number of anilines is 3. The zero-order valence-corrected chi connectivity index (χ0v) is 16.1. The molecule has 0 unspecified atom stereocenters. The molecule has 9 heteroatoms. The first-order valence-corrected chi connectivity index (χ1v) is 9.41. The summed E-state index contributed by atoms with van der Waals surface area (Å²) in [5, 5.41) is 3.13. The van der Waals surface area contributed by atoms with Crippen LogP contribution in [0.3, 0.4) is 0 Å². The van der Waals surface area contributed by atoms with Gasteiger partial charge in [-0.05, 0) is 25.2 Å². The molecule has 28 heavy (non-hydrogen) atoms. The molecule has 0 saturated carbocycles. The third-order valence-corrected chi connectivity index (χ3v) is 4.58. The lowest BCUT2D eigenvalue weighted by Crippen LogP contribution is -2.45. The first kappa shape index (κ1) is 18.2. The van der Waals surface area contributed by atoms with E-state index in [2.05, 4.69) is 52.1 Å². The van der Waals surface area contributed by atoms with Gasteiger partial charge in [0.05, 0.1) is 11.4 Å². The van der Waals surface area contributed by atoms with Crippen molar-refractivity contribution in [3.05, 3.63) is 42.5 Å². The van der Waals surface area contributed by atoms with Gasteiger partial charge in [0, 0.05) is 45.0 Å². The predicted octanol–water partition coefficient (Wildman–Crippen LogP) is 1.78. The van der Waals surface area contributed by atoms with E-state index >= 15 is 0 Å². The Morgan fingerprint density at radius 2 is 1.71 bits per heavy atom. The van der Waals surface area contributed by atoms with Crippen LogP contribution in [0.2, 0.25) is 0 Å². The van der Waals surface area contributed by atoms with Gasteiger partial charge in [-0.25, -0.2) is 9.97 Å². The Hall–Kier alpha value is -3.20. The SMILES string of the molecule is CCc1nc(Nc2nccc(-c3ccccn3)n2)nc(N2CCN(C)CC2)n1. The molecule has 0 amide bonds. The Labute approximate surface area is 163 Å². The summed E-state index contributed by atoms with van der Waals surface area (Å²) in [6.07, 6.45) is 4.17. The third kappa shape index (κ3) is 4.20. The first-order chi connectivity index (χ1) is 13.7. The minimum absolute atomic E-state index is 0.431. The monoisotopic (exact) mass is 377 g/mol. The van der Waals surface area contributed by atoms with Crippen molar-refractivity contribution in [3.8, 4) is 11.4 Å². The van der Waals surface area contributed by atoms with Crippen LogP contribution in [0.5, 0.6) is 0 Å². The fraction of sp³-hybridized carbons (Fsp3) is 0.368. The van der Waals surface area contributed by atoms with E-state index in [9.17, 15) is 0 Å². The van der Waals surface area contributed by atoms with Gasteiger partial charge < -0.3 is 9.80 Å². The lowest BCUT2D eigenvalue weighted by molar-refractivity contribution is 0.311. The zero-order valence-electron chi connectivity index (χ0n) is 16.1. The second kappa shape index (κ2) is 8.22. The highest BCUT2D eigenvalue weighted by atomic mass is 15.3. The quantitative estimate of drug-likeness (QED) is 0.713. The Kier molecular flexibility index (Phi) is 5.34. The molecule has 3 aromatic heterocycles. The largest absolute Gasteiger partial charge is 0.338 e. The number of pyridine rings is 1. The molecule has 4 heterocycles. The minimum Gasteiger partial charge on any atom is -0.338 e. The Balaban J connectivity index is 1.58. The van der Waals surface area contributed by atoms with Gasteiger partial charge in [-0.1, -0.05) is 13.0 Å². The van der Waals surface area contributed by atoms with Crippen LogP contribution in [-0.4, -0.2) is 68.0 Å². The van der Waals surface area contributed by atoms with E-state index in [1.165, 1.54) is 0 Å². The van der Waals surface area contributed by atoms with Crippen LogP contribution in [0.15, 0.2) is 36.7 Å². The molecule has 0 spiro atoms. The second-order valence-corrected chi connectivity index (χ2v) is 6.62. The van der Waals surface area contributed by atoms with Crippen molar-refractivity contribution >= 4 is 17.8 Å². The maximum Gasteiger partial charge on any atom is 0.234 e. The number of aryl methyl sites for hydroxylation is 1. The number of hydrogen-bond acceptors (Lipinski definition) is 9. The van der Waals surface area contributed by atoms with E-state index in [0.29, 0.717) is 17.8 Å². The molecule has 1 aliphatic heterocycles. The zero-order chi connectivity index (χ0) is 19.3. The summed E-state index contributed by atoms with van der Waals surface area (Å²) in [4.78, 5) is 31.4. The van der Waals surface area contributed by atoms with E-state index in [1.807, 2.05) is 31.2 Å². The van der Waals surface area contributed by atoms with Gasteiger partial charge in [0.25, 0.3) is 0 Å². The summed E-state index contributed by atoms with van der Waals surface area (Å²) in [6, 6.07) is 7.55. The number of nitrogens with zero attached hydrogens (tertiary/aromatic N) is 8. The first-order valence-electron chi connectivity index (χ1n) is 9.41. The van der Waals surface area contributed by atoms with Gasteiger partial charge in [0.15, 0.2) is 0 Å². The Morgan fingerprint density at radius 3 is 2.46 bits per heavy atom. The number of rotatable bonds is 5. The molecule has 144 valence electrons. The van der Waals surface area contributed by atoms with Crippen molar-refractivity contribution < 1.29 is 0 Å². The molecule has 1 fully saturated rings. The van der Waals surface area contributed by atoms with E-state index in [4.69, 9.17) is 0 Å². The highest BCUT2D eigenvalue weighted by molar-refractivity contribution is 5.56. The van der Waals surface area contributed by atoms with Crippen LogP contribution < -0.4 is 10.2 Å². The smallest absolute Gasteiger partial charge is 0.234 e. The summed E-state index contributed by atoms with van der Waals surface area (Å²) in [7, 11) is 2.13. The van der Waals surface area contributed by atoms with Gasteiger partial charge in [0.2, 0.25) is 17.8 Å². The normalized spacial score (nSPS) is 14.9. The van der Waals surface area contributed by atoms with Gasteiger partial charge >= 0.3 is 0 Å². The van der Waals surface area contributed by atoms with Crippen LogP contribution in [0, 0.1) is 0 Å². The molecule has 3 aromatic rings. The molecule has 0 atom stereocenters. The number of likely N-dealkylation sites (N-methyl/N-ethyl adjacent to an activating group) is 1. The molecule has 0 aromatic carbocycles. The van der Waals surface area contributed by atoms with E-state index in [1.54, 1.807) is 12.4 Å². The number of hydrogen-bond donors (Lipinski definition) is 1. The molecule has 0 bridgehead atoms. The fourth-order valence-corrected chi connectivity index (χ4v) is 2.95. The molecule has 1 N–H and O–H groups in total. The summed E-state index contributed by atoms with van der Waals surface area (Å²) < 4.78 is 0. The van der Waals surface area contributed by atoms with Gasteiger partial charge in [-0.2, -0.15) is 15.0 Å². The molecule has 4 rings (SSSR count). The number of nitrogens with one attached hydrogen (secondary N) is 1. The standard InChI is InChI=1S/C19H23N9/c1-3-16-23-18(26-19(24-16)28-12-10-27(2)11-13-28)25-17-21-9-7-15(22-17)14-6-4-5-8-20-14/h4-9H,3,10-13H2,1-2H3,(H,21,22,23,24,25,26). The maximum atomic E-state index is 4.61. The summed E-state index contributed by atoms with van der Waals surface area (Å²) in [5.74, 6) is 2.33. The molecular formula is C19H23N9. The molecule has 0 radical (unpaired) electrons. The Bertz CT molecular complexity index is 924. The molecule has 0 aliphatic carbocycles. The van der Waals surface area contributed by atoms with Crippen molar-refractivity contribution in [2.45, 2.75) is 13.3 Å². The van der Waals surface area contributed by atoms with Crippen molar-refractivity contribution in [2.24, 2.45) is 0 Å². The van der Waals surface area contributed by atoms with Crippen LogP contribution in [0.25, 0.3) is 11.4 Å². The Morgan fingerprint density at radius 1 is 0.857 bits per heavy atom. The molecule has 9 nitrogen and oxygen atoms in total. The maximum absolute atomic E-state index is 4.61. The van der Waals surface area contributed by atoms with E-state index in [0.717, 1.165) is 49.8 Å². The number of aromatic nitrogens is 6. The summed E-state index contributed by atoms with van der Waals surface area (Å²) in [5.41, 5.74) is 1.53. The van der Waals surface area contributed by atoms with Crippen LogP contribution in [-0.2, 0) is 6.42 Å². The predicted molar refractivity (Wildman–Crippen MR) is 107 cm³/mol. The molecule has 1 aliphatic rings. The lowest BCUT2D eigenvalue weighted by atomic mass is 10.3. The van der Waals surface area contributed by atoms with Gasteiger partial charge in [0.1, 0.15) is 5.82 Å². The van der Waals surface area contributed by atoms with Gasteiger partial charge in [-0.3, -0.25) is 10.3 Å². The van der Waals surface area contributed by atoms with Crippen LogP contribution in [0.1, 0.15) is 12.7 Å². The highest BCUT2D eigenvalue weighted by Gasteiger charge is 2.18. The third-order valence-electron chi connectivity index (χ3n) is 4.58. The van der Waals surface area contributed by atoms with Crippen LogP contribution >= 0.6 is 0 Å². The lowest BCUT2D eigenvalue weighted by Gasteiger charge is -2.32. The topological polar surface area (TPSA) is 95.8 Å². The minimum atomic E-state index is 0.431. The van der Waals surface area contributed by atoms with Crippen molar-refractivity contribution in [3.63, 3.8) is 0 Å². The second-order valence-electron chi connectivity index (χ2n) is 6.62. The van der Waals surface area contributed by atoms with Crippen molar-refractivity contribution in [2.75, 3.05) is 43.4 Å². The molecular weight excluding hydrogens is 354 g/mol.